The predicted molar refractivity (Wildman–Crippen MR) is 84.5 cm³/mol. The highest BCUT2D eigenvalue weighted by Gasteiger charge is 2.27. The van der Waals surface area contributed by atoms with E-state index in [4.69, 9.17) is 9.47 Å². The molecule has 5 heteroatoms. The average molecular weight is 307 g/mol. The van der Waals surface area contributed by atoms with E-state index in [1.807, 2.05) is 30.3 Å². The second kappa shape index (κ2) is 7.94. The number of ketones is 1. The van der Waals surface area contributed by atoms with Crippen molar-refractivity contribution < 1.29 is 19.1 Å². The largest absolute Gasteiger partial charge is 0.444 e. The van der Waals surface area contributed by atoms with E-state index in [9.17, 15) is 9.59 Å². The van der Waals surface area contributed by atoms with E-state index in [0.717, 1.165) is 5.56 Å². The van der Waals surface area contributed by atoms with Crippen LogP contribution in [-0.2, 0) is 20.9 Å². The van der Waals surface area contributed by atoms with E-state index < -0.39 is 23.8 Å². The van der Waals surface area contributed by atoms with Gasteiger partial charge in [-0.05, 0) is 40.2 Å². The van der Waals surface area contributed by atoms with Crippen LogP contribution in [0.25, 0.3) is 0 Å². The molecule has 0 fully saturated rings. The van der Waals surface area contributed by atoms with Gasteiger partial charge in [-0.3, -0.25) is 4.79 Å². The lowest BCUT2D eigenvalue weighted by molar-refractivity contribution is -0.123. The molecule has 0 saturated heterocycles. The molecule has 0 aromatic heterocycles. The lowest BCUT2D eigenvalue weighted by Gasteiger charge is -2.26. The highest BCUT2D eigenvalue weighted by molar-refractivity contribution is 5.86. The Labute approximate surface area is 132 Å². The summed E-state index contributed by atoms with van der Waals surface area (Å²) in [6, 6.07) is 8.91. The van der Waals surface area contributed by atoms with Gasteiger partial charge in [-0.1, -0.05) is 30.3 Å². The van der Waals surface area contributed by atoms with E-state index in [0.29, 0.717) is 6.61 Å². The third-order valence-electron chi connectivity index (χ3n) is 2.94. The minimum atomic E-state index is -0.737. The highest BCUT2D eigenvalue weighted by Crippen LogP contribution is 2.10. The predicted octanol–water partition coefficient (Wildman–Crippen LogP) is 3.07. The van der Waals surface area contributed by atoms with Gasteiger partial charge in [0.15, 0.2) is 5.78 Å². The number of ether oxygens (including phenoxy) is 2. The molecule has 0 heterocycles. The number of hydrogen-bond acceptors (Lipinski definition) is 4. The molecular weight excluding hydrogens is 282 g/mol. The van der Waals surface area contributed by atoms with Gasteiger partial charge in [0.1, 0.15) is 11.6 Å². The molecule has 0 bridgehead atoms. The standard InChI is InChI=1S/C17H25NO4/c1-12(19)15(18-16(20)22-17(3,4)5)13(2)21-11-14-9-7-6-8-10-14/h6-10,13,15H,11H2,1-5H3,(H,18,20)/t13-,15-/m0/s1. The topological polar surface area (TPSA) is 64.6 Å². The second-order valence-corrected chi connectivity index (χ2v) is 6.24. The molecule has 0 aliphatic heterocycles. The van der Waals surface area contributed by atoms with Gasteiger partial charge in [-0.2, -0.15) is 0 Å². The SMILES string of the molecule is CC(=O)[C@H](NC(=O)OC(C)(C)C)[C@H](C)OCc1ccccc1. The fourth-order valence-electron chi connectivity index (χ4n) is 1.88. The second-order valence-electron chi connectivity index (χ2n) is 6.24. The van der Waals surface area contributed by atoms with Crippen molar-refractivity contribution in [3.8, 4) is 0 Å². The zero-order valence-corrected chi connectivity index (χ0v) is 13.9. The lowest BCUT2D eigenvalue weighted by atomic mass is 10.1. The Kier molecular flexibility index (Phi) is 6.56. The molecule has 5 nitrogen and oxygen atoms in total. The van der Waals surface area contributed by atoms with Crippen LogP contribution in [0.5, 0.6) is 0 Å². The maximum atomic E-state index is 11.8. The van der Waals surface area contributed by atoms with E-state index in [1.54, 1.807) is 27.7 Å². The Bertz CT molecular complexity index is 493. The normalized spacial score (nSPS) is 14.0. The van der Waals surface area contributed by atoms with Gasteiger partial charge in [-0.15, -0.1) is 0 Å². The number of Topliss-reactive ketones (excluding diaryl/α,β-unsaturated/α-hetero) is 1. The monoisotopic (exact) mass is 307 g/mol. The first kappa shape index (κ1) is 18.2. The Morgan fingerprint density at radius 1 is 1.18 bits per heavy atom. The zero-order chi connectivity index (χ0) is 16.8. The number of benzene rings is 1. The van der Waals surface area contributed by atoms with Crippen LogP contribution in [0.4, 0.5) is 4.79 Å². The Balaban J connectivity index is 2.58. The first-order valence-corrected chi connectivity index (χ1v) is 7.34. The average Bonchev–Trinajstić information content (AvgIpc) is 2.41. The van der Waals surface area contributed by atoms with Crippen molar-refractivity contribution in [2.75, 3.05) is 0 Å². The van der Waals surface area contributed by atoms with Crippen LogP contribution < -0.4 is 5.32 Å². The van der Waals surface area contributed by atoms with Crippen molar-refractivity contribution in [1.82, 2.24) is 5.32 Å². The van der Waals surface area contributed by atoms with Crippen molar-refractivity contribution in [1.29, 1.82) is 0 Å². The van der Waals surface area contributed by atoms with Crippen molar-refractivity contribution in [3.63, 3.8) is 0 Å². The molecule has 1 aromatic rings. The van der Waals surface area contributed by atoms with E-state index in [-0.39, 0.29) is 5.78 Å². The van der Waals surface area contributed by atoms with Gasteiger partial charge < -0.3 is 14.8 Å². The van der Waals surface area contributed by atoms with Gasteiger partial charge in [0.2, 0.25) is 0 Å². The molecule has 2 atom stereocenters. The number of hydrogen-bond donors (Lipinski definition) is 1. The summed E-state index contributed by atoms with van der Waals surface area (Å²) in [5, 5.41) is 2.57. The molecule has 1 rings (SSSR count). The lowest BCUT2D eigenvalue weighted by Crippen LogP contribution is -2.49. The molecule has 0 aliphatic rings. The van der Waals surface area contributed by atoms with Crippen LogP contribution in [0.15, 0.2) is 30.3 Å². The molecule has 0 radical (unpaired) electrons. The number of carbonyl (C=O) groups is 2. The summed E-state index contributed by atoms with van der Waals surface area (Å²) in [6.45, 7) is 8.86. The molecule has 0 aliphatic carbocycles. The van der Waals surface area contributed by atoms with Crippen molar-refractivity contribution in [2.24, 2.45) is 0 Å². The van der Waals surface area contributed by atoms with E-state index >= 15 is 0 Å². The minimum Gasteiger partial charge on any atom is -0.444 e. The molecule has 1 aromatic carbocycles. The van der Waals surface area contributed by atoms with Crippen LogP contribution >= 0.6 is 0 Å². The maximum absolute atomic E-state index is 11.8. The van der Waals surface area contributed by atoms with Crippen molar-refractivity contribution >= 4 is 11.9 Å². The Hall–Kier alpha value is -1.88. The first-order valence-electron chi connectivity index (χ1n) is 7.34. The summed E-state index contributed by atoms with van der Waals surface area (Å²) >= 11 is 0. The Morgan fingerprint density at radius 2 is 1.77 bits per heavy atom. The van der Waals surface area contributed by atoms with Gasteiger partial charge in [0.05, 0.1) is 12.7 Å². The molecule has 0 spiro atoms. The van der Waals surface area contributed by atoms with Crippen LogP contribution in [0.2, 0.25) is 0 Å². The first-order chi connectivity index (χ1) is 10.2. The van der Waals surface area contributed by atoms with Crippen LogP contribution in [0.3, 0.4) is 0 Å². The van der Waals surface area contributed by atoms with E-state index in [1.165, 1.54) is 6.92 Å². The van der Waals surface area contributed by atoms with E-state index in [2.05, 4.69) is 5.32 Å². The number of nitrogens with one attached hydrogen (secondary N) is 1. The molecule has 1 N–H and O–H groups in total. The van der Waals surface area contributed by atoms with Gasteiger partial charge in [-0.25, -0.2) is 4.79 Å². The fraction of sp³-hybridized carbons (Fsp3) is 0.529. The van der Waals surface area contributed by atoms with Gasteiger partial charge >= 0.3 is 6.09 Å². The van der Waals surface area contributed by atoms with Gasteiger partial charge in [0, 0.05) is 0 Å². The maximum Gasteiger partial charge on any atom is 0.408 e. The molecule has 0 saturated carbocycles. The van der Waals surface area contributed by atoms with Crippen molar-refractivity contribution in [3.05, 3.63) is 35.9 Å². The molecular formula is C17H25NO4. The number of alkyl carbamates (subject to hydrolysis) is 1. The molecule has 0 unspecified atom stereocenters. The number of carbonyl (C=O) groups excluding carboxylic acids is 2. The summed E-state index contributed by atoms with van der Waals surface area (Å²) < 4.78 is 10.9. The number of amides is 1. The summed E-state index contributed by atoms with van der Waals surface area (Å²) in [5.74, 6) is -0.175. The smallest absolute Gasteiger partial charge is 0.408 e. The molecule has 22 heavy (non-hydrogen) atoms. The summed E-state index contributed by atoms with van der Waals surface area (Å²) in [5.41, 5.74) is 0.397. The van der Waals surface area contributed by atoms with Crippen LogP contribution in [-0.4, -0.2) is 29.6 Å². The quantitative estimate of drug-likeness (QED) is 0.877. The number of rotatable bonds is 6. The Morgan fingerprint density at radius 3 is 2.27 bits per heavy atom. The third kappa shape index (κ3) is 6.72. The minimum absolute atomic E-state index is 0.175. The molecule has 1 amide bonds. The van der Waals surface area contributed by atoms with Crippen molar-refractivity contribution in [2.45, 2.75) is 59.0 Å². The van der Waals surface area contributed by atoms with Crippen LogP contribution in [0, 0.1) is 0 Å². The summed E-state index contributed by atoms with van der Waals surface area (Å²) in [4.78, 5) is 23.6. The highest BCUT2D eigenvalue weighted by atomic mass is 16.6. The fourth-order valence-corrected chi connectivity index (χ4v) is 1.88. The third-order valence-corrected chi connectivity index (χ3v) is 2.94. The van der Waals surface area contributed by atoms with Gasteiger partial charge in [0.25, 0.3) is 0 Å². The summed E-state index contributed by atoms with van der Waals surface area (Å²) in [7, 11) is 0. The zero-order valence-electron chi connectivity index (χ0n) is 13.9. The van der Waals surface area contributed by atoms with Crippen LogP contribution in [0.1, 0.15) is 40.2 Å². The molecule has 122 valence electrons. The summed E-state index contributed by atoms with van der Waals surface area (Å²) in [6.07, 6.45) is -1.08.